The van der Waals surface area contributed by atoms with E-state index in [9.17, 15) is 0 Å². The molecular formula is C13H16N6S. The number of hydrogen-bond acceptors (Lipinski definition) is 6. The van der Waals surface area contributed by atoms with Gasteiger partial charge in [0, 0.05) is 23.2 Å². The average molecular weight is 288 g/mol. The molecule has 3 heterocycles. The van der Waals surface area contributed by atoms with E-state index in [-0.39, 0.29) is 5.41 Å². The standard InChI is InChI=1S/C13H16N6S/c1-13(2,3)11-16-9(8-20-11)6-15-12-17-10-7-14-4-5-19(10)18-12/h4-5,7-8H,6H2,1-3H3,(H,15,18). The molecule has 6 nitrogen and oxygen atoms in total. The van der Waals surface area contributed by atoms with Crippen molar-refractivity contribution in [1.82, 2.24) is 24.6 Å². The zero-order chi connectivity index (χ0) is 14.2. The predicted molar refractivity (Wildman–Crippen MR) is 78.9 cm³/mol. The summed E-state index contributed by atoms with van der Waals surface area (Å²) in [5, 5.41) is 10.7. The lowest BCUT2D eigenvalue weighted by Gasteiger charge is -2.13. The molecule has 0 aliphatic carbocycles. The van der Waals surface area contributed by atoms with Gasteiger partial charge in [-0.25, -0.2) is 9.50 Å². The first-order valence-electron chi connectivity index (χ1n) is 6.37. The number of anilines is 1. The summed E-state index contributed by atoms with van der Waals surface area (Å²) in [4.78, 5) is 13.0. The first kappa shape index (κ1) is 13.0. The number of fused-ring (bicyclic) bond motifs is 1. The van der Waals surface area contributed by atoms with Crippen LogP contribution in [0.2, 0.25) is 0 Å². The van der Waals surface area contributed by atoms with Gasteiger partial charge < -0.3 is 5.32 Å². The number of aromatic nitrogens is 5. The van der Waals surface area contributed by atoms with Crippen LogP contribution < -0.4 is 5.32 Å². The molecule has 0 unspecified atom stereocenters. The summed E-state index contributed by atoms with van der Waals surface area (Å²) in [6.07, 6.45) is 5.13. The summed E-state index contributed by atoms with van der Waals surface area (Å²) in [6.45, 7) is 7.12. The van der Waals surface area contributed by atoms with Crippen LogP contribution in [-0.2, 0) is 12.0 Å². The Morgan fingerprint density at radius 2 is 2.15 bits per heavy atom. The second-order valence-corrected chi connectivity index (χ2v) is 6.42. The second kappa shape index (κ2) is 4.82. The first-order valence-corrected chi connectivity index (χ1v) is 7.25. The summed E-state index contributed by atoms with van der Waals surface area (Å²) in [5.41, 5.74) is 1.83. The van der Waals surface area contributed by atoms with Crippen molar-refractivity contribution in [3.05, 3.63) is 34.7 Å². The van der Waals surface area contributed by atoms with Crippen molar-refractivity contribution in [3.63, 3.8) is 0 Å². The van der Waals surface area contributed by atoms with Gasteiger partial charge in [0.15, 0.2) is 5.65 Å². The third kappa shape index (κ3) is 2.62. The van der Waals surface area contributed by atoms with Crippen LogP contribution in [0.1, 0.15) is 31.5 Å². The Morgan fingerprint density at radius 3 is 2.85 bits per heavy atom. The molecule has 3 rings (SSSR count). The maximum absolute atomic E-state index is 4.63. The summed E-state index contributed by atoms with van der Waals surface area (Å²) >= 11 is 1.69. The fourth-order valence-electron chi connectivity index (χ4n) is 1.72. The number of rotatable bonds is 3. The Balaban J connectivity index is 1.71. The minimum atomic E-state index is 0.0932. The van der Waals surface area contributed by atoms with Gasteiger partial charge in [0.25, 0.3) is 0 Å². The van der Waals surface area contributed by atoms with Gasteiger partial charge in [-0.05, 0) is 0 Å². The van der Waals surface area contributed by atoms with Crippen molar-refractivity contribution >= 4 is 22.9 Å². The fraction of sp³-hybridized carbons (Fsp3) is 0.385. The highest BCUT2D eigenvalue weighted by Gasteiger charge is 2.17. The topological polar surface area (TPSA) is 68.0 Å². The molecule has 1 N–H and O–H groups in total. The molecule has 0 aliphatic heterocycles. The second-order valence-electron chi connectivity index (χ2n) is 5.56. The molecule has 0 radical (unpaired) electrons. The molecule has 0 atom stereocenters. The van der Waals surface area contributed by atoms with E-state index in [4.69, 9.17) is 0 Å². The van der Waals surface area contributed by atoms with Crippen LogP contribution in [0.4, 0.5) is 5.95 Å². The molecule has 0 bridgehead atoms. The van der Waals surface area contributed by atoms with Crippen LogP contribution in [0.3, 0.4) is 0 Å². The number of nitrogens with one attached hydrogen (secondary N) is 1. The molecular weight excluding hydrogens is 272 g/mol. The zero-order valence-corrected chi connectivity index (χ0v) is 12.5. The molecule has 104 valence electrons. The average Bonchev–Trinajstić information content (AvgIpc) is 3.02. The highest BCUT2D eigenvalue weighted by molar-refractivity contribution is 7.09. The summed E-state index contributed by atoms with van der Waals surface area (Å²) in [7, 11) is 0. The molecule has 0 aromatic carbocycles. The lowest BCUT2D eigenvalue weighted by Crippen LogP contribution is -2.11. The van der Waals surface area contributed by atoms with E-state index in [2.05, 4.69) is 51.5 Å². The van der Waals surface area contributed by atoms with Gasteiger partial charge in [-0.15, -0.1) is 16.4 Å². The van der Waals surface area contributed by atoms with Crippen LogP contribution in [-0.4, -0.2) is 24.6 Å². The molecule has 0 spiro atoms. The quantitative estimate of drug-likeness (QED) is 0.802. The molecule has 3 aromatic rings. The van der Waals surface area contributed by atoms with Gasteiger partial charge >= 0.3 is 0 Å². The molecule has 3 aromatic heterocycles. The van der Waals surface area contributed by atoms with Crippen LogP contribution in [0.25, 0.3) is 5.65 Å². The molecule has 0 saturated heterocycles. The van der Waals surface area contributed by atoms with Crippen molar-refractivity contribution in [2.75, 3.05) is 5.32 Å². The van der Waals surface area contributed by atoms with E-state index in [1.54, 1.807) is 34.4 Å². The Morgan fingerprint density at radius 1 is 1.30 bits per heavy atom. The SMILES string of the molecule is CC(C)(C)c1nc(CNc2nc3cnccn3n2)cs1. The number of hydrogen-bond donors (Lipinski definition) is 1. The maximum atomic E-state index is 4.63. The summed E-state index contributed by atoms with van der Waals surface area (Å²) < 4.78 is 1.69. The molecule has 0 aliphatic rings. The van der Waals surface area contributed by atoms with Crippen LogP contribution in [0.15, 0.2) is 24.0 Å². The van der Waals surface area contributed by atoms with Crippen LogP contribution in [0.5, 0.6) is 0 Å². The van der Waals surface area contributed by atoms with Crippen molar-refractivity contribution in [2.24, 2.45) is 0 Å². The largest absolute Gasteiger partial charge is 0.347 e. The van der Waals surface area contributed by atoms with E-state index >= 15 is 0 Å². The lowest BCUT2D eigenvalue weighted by molar-refractivity contribution is 0.583. The van der Waals surface area contributed by atoms with E-state index in [0.717, 1.165) is 16.3 Å². The third-order valence-corrected chi connectivity index (χ3v) is 4.08. The minimum absolute atomic E-state index is 0.0932. The highest BCUT2D eigenvalue weighted by atomic mass is 32.1. The van der Waals surface area contributed by atoms with Crippen molar-refractivity contribution in [3.8, 4) is 0 Å². The van der Waals surface area contributed by atoms with Crippen molar-refractivity contribution in [1.29, 1.82) is 0 Å². The molecule has 0 amide bonds. The number of thiazole rings is 1. The Hall–Kier alpha value is -2.02. The molecule has 7 heteroatoms. The maximum Gasteiger partial charge on any atom is 0.243 e. The smallest absolute Gasteiger partial charge is 0.243 e. The Labute approximate surface area is 120 Å². The Bertz CT molecular complexity index is 691. The minimum Gasteiger partial charge on any atom is -0.347 e. The lowest BCUT2D eigenvalue weighted by atomic mass is 9.98. The van der Waals surface area contributed by atoms with Gasteiger partial charge in [-0.3, -0.25) is 4.98 Å². The van der Waals surface area contributed by atoms with E-state index in [0.29, 0.717) is 12.5 Å². The fourth-order valence-corrected chi connectivity index (χ4v) is 2.63. The molecule has 0 fully saturated rings. The van der Waals surface area contributed by atoms with E-state index in [1.165, 1.54) is 0 Å². The van der Waals surface area contributed by atoms with Gasteiger partial charge in [0.05, 0.1) is 23.4 Å². The first-order chi connectivity index (χ1) is 9.52. The number of nitrogens with zero attached hydrogens (tertiary/aromatic N) is 5. The predicted octanol–water partition coefficient (Wildman–Crippen LogP) is 2.49. The van der Waals surface area contributed by atoms with Gasteiger partial charge in [0.1, 0.15) is 0 Å². The molecule has 20 heavy (non-hydrogen) atoms. The van der Waals surface area contributed by atoms with E-state index < -0.39 is 0 Å². The normalized spacial score (nSPS) is 11.9. The van der Waals surface area contributed by atoms with Gasteiger partial charge in [0.2, 0.25) is 5.95 Å². The van der Waals surface area contributed by atoms with Gasteiger partial charge in [-0.1, -0.05) is 20.8 Å². The highest BCUT2D eigenvalue weighted by Crippen LogP contribution is 2.25. The molecule has 0 saturated carbocycles. The summed E-state index contributed by atoms with van der Waals surface area (Å²) in [6, 6.07) is 0. The zero-order valence-electron chi connectivity index (χ0n) is 11.7. The van der Waals surface area contributed by atoms with Crippen LogP contribution in [0, 0.1) is 0 Å². The van der Waals surface area contributed by atoms with E-state index in [1.807, 2.05) is 0 Å². The summed E-state index contributed by atoms with van der Waals surface area (Å²) in [5.74, 6) is 0.586. The van der Waals surface area contributed by atoms with Crippen LogP contribution >= 0.6 is 11.3 Å². The third-order valence-electron chi connectivity index (χ3n) is 2.76. The van der Waals surface area contributed by atoms with Crippen molar-refractivity contribution in [2.45, 2.75) is 32.7 Å². The Kier molecular flexibility index (Phi) is 3.13. The monoisotopic (exact) mass is 288 g/mol. The van der Waals surface area contributed by atoms with Crippen molar-refractivity contribution < 1.29 is 0 Å². The van der Waals surface area contributed by atoms with Gasteiger partial charge in [-0.2, -0.15) is 4.98 Å².